The summed E-state index contributed by atoms with van der Waals surface area (Å²) in [4.78, 5) is 15.2. The van der Waals surface area contributed by atoms with Crippen LogP contribution in [0.4, 0.5) is 5.13 Å². The van der Waals surface area contributed by atoms with E-state index in [1.807, 2.05) is 24.3 Å². The molecule has 1 unspecified atom stereocenters. The molecule has 1 atom stereocenters. The van der Waals surface area contributed by atoms with E-state index in [1.54, 1.807) is 0 Å². The summed E-state index contributed by atoms with van der Waals surface area (Å²) >= 11 is 1.15. The maximum atomic E-state index is 10.8. The molecule has 1 aromatic heterocycles. The third kappa shape index (κ3) is 2.39. The molecule has 2 N–H and O–H groups in total. The highest BCUT2D eigenvalue weighted by atomic mass is 32.1. The van der Waals surface area contributed by atoms with E-state index in [0.717, 1.165) is 29.1 Å². The van der Waals surface area contributed by atoms with Crippen molar-refractivity contribution in [2.45, 2.75) is 12.5 Å². The summed E-state index contributed by atoms with van der Waals surface area (Å²) in [5.41, 5.74) is 1.08. The van der Waals surface area contributed by atoms with E-state index in [9.17, 15) is 4.79 Å². The SMILES string of the molecule is O=C(O)c1cnc(NC2CCOc3ccccc32)s1. The third-order valence-corrected chi connectivity index (χ3v) is 3.89. The normalized spacial score (nSPS) is 17.4. The Morgan fingerprint density at radius 1 is 1.47 bits per heavy atom. The van der Waals surface area contributed by atoms with Gasteiger partial charge in [-0.1, -0.05) is 29.5 Å². The number of hydrogen-bond donors (Lipinski definition) is 2. The number of nitrogens with one attached hydrogen (secondary N) is 1. The second-order valence-electron chi connectivity index (χ2n) is 4.21. The van der Waals surface area contributed by atoms with Gasteiger partial charge in [0, 0.05) is 12.0 Å². The average molecular weight is 276 g/mol. The van der Waals surface area contributed by atoms with Crippen LogP contribution in [0.1, 0.15) is 27.7 Å². The van der Waals surface area contributed by atoms with Gasteiger partial charge in [-0.2, -0.15) is 0 Å². The van der Waals surface area contributed by atoms with Crippen LogP contribution in [0.3, 0.4) is 0 Å². The second-order valence-corrected chi connectivity index (χ2v) is 5.24. The van der Waals surface area contributed by atoms with Gasteiger partial charge in [0.25, 0.3) is 0 Å². The van der Waals surface area contributed by atoms with Gasteiger partial charge in [-0.25, -0.2) is 9.78 Å². The van der Waals surface area contributed by atoms with Crippen molar-refractivity contribution in [1.82, 2.24) is 4.98 Å². The number of carboxylic acid groups (broad SMARTS) is 1. The molecule has 2 heterocycles. The number of thiazole rings is 1. The summed E-state index contributed by atoms with van der Waals surface area (Å²) in [7, 11) is 0. The molecule has 2 aromatic rings. The highest BCUT2D eigenvalue weighted by molar-refractivity contribution is 7.17. The van der Waals surface area contributed by atoms with Crippen molar-refractivity contribution in [1.29, 1.82) is 0 Å². The highest BCUT2D eigenvalue weighted by Crippen LogP contribution is 2.34. The lowest BCUT2D eigenvalue weighted by Crippen LogP contribution is -2.20. The second kappa shape index (κ2) is 4.89. The molecule has 1 aliphatic rings. The van der Waals surface area contributed by atoms with Crippen LogP contribution >= 0.6 is 11.3 Å². The Kier molecular flexibility index (Phi) is 3.08. The van der Waals surface area contributed by atoms with Crippen LogP contribution in [0, 0.1) is 0 Å². The number of fused-ring (bicyclic) bond motifs is 1. The van der Waals surface area contributed by atoms with Gasteiger partial charge in [-0.15, -0.1) is 0 Å². The summed E-state index contributed by atoms with van der Waals surface area (Å²) in [6.45, 7) is 0.645. The Morgan fingerprint density at radius 3 is 3.11 bits per heavy atom. The molecule has 0 aliphatic carbocycles. The van der Waals surface area contributed by atoms with Crippen LogP contribution in [-0.4, -0.2) is 22.7 Å². The van der Waals surface area contributed by atoms with Gasteiger partial charge in [0.05, 0.1) is 18.8 Å². The average Bonchev–Trinajstić information content (AvgIpc) is 2.88. The molecule has 0 spiro atoms. The molecule has 0 fully saturated rings. The smallest absolute Gasteiger partial charge is 0.347 e. The Morgan fingerprint density at radius 2 is 2.32 bits per heavy atom. The summed E-state index contributed by atoms with van der Waals surface area (Å²) in [5.74, 6) is -0.0702. The van der Waals surface area contributed by atoms with Crippen LogP contribution in [-0.2, 0) is 0 Å². The number of para-hydroxylation sites is 1. The Balaban J connectivity index is 1.82. The monoisotopic (exact) mass is 276 g/mol. The number of aromatic nitrogens is 1. The number of hydrogen-bond acceptors (Lipinski definition) is 5. The van der Waals surface area contributed by atoms with Crippen molar-refractivity contribution in [2.75, 3.05) is 11.9 Å². The van der Waals surface area contributed by atoms with Crippen molar-refractivity contribution >= 4 is 22.4 Å². The largest absolute Gasteiger partial charge is 0.493 e. The van der Waals surface area contributed by atoms with Gasteiger partial charge < -0.3 is 15.2 Å². The quantitative estimate of drug-likeness (QED) is 0.902. The summed E-state index contributed by atoms with van der Waals surface area (Å²) in [5, 5.41) is 12.8. The van der Waals surface area contributed by atoms with Crippen LogP contribution in [0.15, 0.2) is 30.5 Å². The Labute approximate surface area is 113 Å². The van der Waals surface area contributed by atoms with Crippen LogP contribution in [0.5, 0.6) is 5.75 Å². The molecule has 1 aliphatic heterocycles. The molecule has 5 nitrogen and oxygen atoms in total. The minimum Gasteiger partial charge on any atom is -0.493 e. The maximum Gasteiger partial charge on any atom is 0.347 e. The van der Waals surface area contributed by atoms with Crippen LogP contribution in [0.2, 0.25) is 0 Å². The van der Waals surface area contributed by atoms with Crippen molar-refractivity contribution in [3.63, 3.8) is 0 Å². The molecular formula is C13H12N2O3S. The number of carboxylic acids is 1. The van der Waals surface area contributed by atoms with E-state index in [4.69, 9.17) is 9.84 Å². The topological polar surface area (TPSA) is 71.5 Å². The predicted octanol–water partition coefficient (Wildman–Crippen LogP) is 2.78. The molecule has 19 heavy (non-hydrogen) atoms. The lowest BCUT2D eigenvalue weighted by atomic mass is 10.0. The molecule has 98 valence electrons. The van der Waals surface area contributed by atoms with Gasteiger partial charge in [0.1, 0.15) is 10.6 Å². The zero-order chi connectivity index (χ0) is 13.2. The molecule has 6 heteroatoms. The van der Waals surface area contributed by atoms with Crippen molar-refractivity contribution in [3.05, 3.63) is 40.9 Å². The minimum absolute atomic E-state index is 0.109. The first-order valence-corrected chi connectivity index (χ1v) is 6.73. The van der Waals surface area contributed by atoms with E-state index in [-0.39, 0.29) is 10.9 Å². The molecule has 0 saturated heterocycles. The molecule has 0 radical (unpaired) electrons. The summed E-state index contributed by atoms with van der Waals surface area (Å²) in [6.07, 6.45) is 2.21. The number of carbonyl (C=O) groups is 1. The summed E-state index contributed by atoms with van der Waals surface area (Å²) < 4.78 is 5.58. The zero-order valence-corrected chi connectivity index (χ0v) is 10.8. The third-order valence-electron chi connectivity index (χ3n) is 2.97. The zero-order valence-electron chi connectivity index (χ0n) is 10.00. The van der Waals surface area contributed by atoms with Gasteiger partial charge in [0.15, 0.2) is 5.13 Å². The summed E-state index contributed by atoms with van der Waals surface area (Å²) in [6, 6.07) is 7.96. The predicted molar refractivity (Wildman–Crippen MR) is 72.0 cm³/mol. The Hall–Kier alpha value is -2.08. The van der Waals surface area contributed by atoms with Crippen molar-refractivity contribution < 1.29 is 14.6 Å². The lowest BCUT2D eigenvalue weighted by molar-refractivity contribution is 0.0702. The fourth-order valence-corrected chi connectivity index (χ4v) is 2.79. The Bertz CT molecular complexity index is 611. The van der Waals surface area contributed by atoms with E-state index in [2.05, 4.69) is 10.3 Å². The number of anilines is 1. The number of rotatable bonds is 3. The first-order valence-electron chi connectivity index (χ1n) is 5.91. The fourth-order valence-electron chi connectivity index (χ4n) is 2.08. The van der Waals surface area contributed by atoms with Gasteiger partial charge in [-0.05, 0) is 6.07 Å². The number of benzene rings is 1. The van der Waals surface area contributed by atoms with E-state index in [0.29, 0.717) is 11.7 Å². The standard InChI is InChI=1S/C13H12N2O3S/c16-12(17)11-7-14-13(19-11)15-9-5-6-18-10-4-2-1-3-8(9)10/h1-4,7,9H,5-6H2,(H,14,15)(H,16,17). The van der Waals surface area contributed by atoms with E-state index < -0.39 is 5.97 Å². The molecule has 0 saturated carbocycles. The molecule has 1 aromatic carbocycles. The molecule has 0 amide bonds. The van der Waals surface area contributed by atoms with Gasteiger partial charge >= 0.3 is 5.97 Å². The van der Waals surface area contributed by atoms with Crippen molar-refractivity contribution in [2.24, 2.45) is 0 Å². The number of aromatic carboxylic acids is 1. The maximum absolute atomic E-state index is 10.8. The van der Waals surface area contributed by atoms with Crippen LogP contribution in [0.25, 0.3) is 0 Å². The van der Waals surface area contributed by atoms with E-state index >= 15 is 0 Å². The lowest BCUT2D eigenvalue weighted by Gasteiger charge is -2.26. The first-order chi connectivity index (χ1) is 9.24. The minimum atomic E-state index is -0.946. The molecular weight excluding hydrogens is 264 g/mol. The first kappa shape index (κ1) is 12.0. The number of nitrogens with zero attached hydrogens (tertiary/aromatic N) is 1. The van der Waals surface area contributed by atoms with E-state index in [1.165, 1.54) is 6.20 Å². The fraction of sp³-hybridized carbons (Fsp3) is 0.231. The van der Waals surface area contributed by atoms with Gasteiger partial charge in [-0.3, -0.25) is 0 Å². The van der Waals surface area contributed by atoms with Crippen molar-refractivity contribution in [3.8, 4) is 5.75 Å². The van der Waals surface area contributed by atoms with Gasteiger partial charge in [0.2, 0.25) is 0 Å². The molecule has 3 rings (SSSR count). The number of ether oxygens (including phenoxy) is 1. The highest BCUT2D eigenvalue weighted by Gasteiger charge is 2.22. The molecule has 0 bridgehead atoms. The van der Waals surface area contributed by atoms with Crippen LogP contribution < -0.4 is 10.1 Å².